The number of para-hydroxylation sites is 3. The second kappa shape index (κ2) is 12.3. The molecule has 0 bridgehead atoms. The second-order valence-electron chi connectivity index (χ2n) is 14.2. The monoisotopic (exact) mass is 803 g/mol. The summed E-state index contributed by atoms with van der Waals surface area (Å²) in [4.78, 5) is 12.1. The number of hydrogen-bond donors (Lipinski definition) is 0. The van der Waals surface area contributed by atoms with Gasteiger partial charge in [-0.05, 0) is 58.2 Å². The van der Waals surface area contributed by atoms with E-state index in [2.05, 4.69) is 153 Å². The summed E-state index contributed by atoms with van der Waals surface area (Å²) in [7, 11) is -2.09. The maximum Gasteiger partial charge on any atom is 2.00 e. The van der Waals surface area contributed by atoms with Gasteiger partial charge in [0.05, 0.1) is 11.2 Å². The zero-order chi connectivity index (χ0) is 35.3. The number of ether oxygens (including phenoxy) is 1. The van der Waals surface area contributed by atoms with E-state index in [9.17, 15) is 0 Å². The molecule has 6 aromatic carbocycles. The van der Waals surface area contributed by atoms with Crippen LogP contribution in [-0.4, -0.2) is 27.0 Å². The number of imidazole rings is 1. The molecule has 0 N–H and O–H groups in total. The number of hydrogen-bond acceptors (Lipinski definition) is 4. The van der Waals surface area contributed by atoms with E-state index in [1.807, 2.05) is 42.9 Å². The fraction of sp³-hybridized carbons (Fsp3) is 0.0435. The van der Waals surface area contributed by atoms with E-state index < -0.39 is 8.07 Å². The molecule has 0 spiro atoms. The first kappa shape index (κ1) is 32.6. The van der Waals surface area contributed by atoms with Gasteiger partial charge < -0.3 is 18.6 Å². The number of anilines is 3. The molecule has 0 fully saturated rings. The number of fused-ring (bicyclic) bond motifs is 11. The zero-order valence-electron chi connectivity index (χ0n) is 29.4. The van der Waals surface area contributed by atoms with Gasteiger partial charge in [0.2, 0.25) is 0 Å². The summed E-state index contributed by atoms with van der Waals surface area (Å²) in [6.07, 6.45) is 5.69. The van der Waals surface area contributed by atoms with Crippen molar-refractivity contribution in [2.75, 3.05) is 4.90 Å². The van der Waals surface area contributed by atoms with Crippen molar-refractivity contribution in [3.8, 4) is 17.2 Å². The van der Waals surface area contributed by atoms with Gasteiger partial charge in [-0.3, -0.25) is 4.98 Å². The van der Waals surface area contributed by atoms with E-state index in [0.29, 0.717) is 11.5 Å². The average Bonchev–Trinajstić information content (AvgIpc) is 3.82. The first-order valence-electron chi connectivity index (χ1n) is 17.8. The van der Waals surface area contributed by atoms with E-state index in [-0.39, 0.29) is 20.4 Å². The van der Waals surface area contributed by atoms with Crippen LogP contribution in [-0.2, 0) is 20.4 Å². The van der Waals surface area contributed by atoms with Crippen molar-refractivity contribution in [1.82, 2.24) is 18.9 Å². The standard InChI is InChI=1S/C46H31N5OSi.Pd/c1-53(2)43-20-9-8-19-40(43)50(30-12-4-3-5-13-30)42-29-41-37(28-44(42)53)36-17-11-23-47-46(36)51(41)31-14-10-15-32(26-31)52-33-21-22-34-35-16-6-7-18-39(35)49-25-24-48-45(49)38(34)27-33;/h3-25,28-29H,1-2H3;/q-2;+2. The average molecular weight is 804 g/mol. The molecule has 5 heterocycles. The summed E-state index contributed by atoms with van der Waals surface area (Å²) in [5, 5.41) is 8.27. The van der Waals surface area contributed by atoms with Crippen molar-refractivity contribution < 1.29 is 25.2 Å². The maximum absolute atomic E-state index is 6.53. The van der Waals surface area contributed by atoms with Crippen molar-refractivity contribution in [1.29, 1.82) is 0 Å². The minimum absolute atomic E-state index is 0. The minimum Gasteiger partial charge on any atom is -0.503 e. The molecule has 0 amide bonds. The summed E-state index contributed by atoms with van der Waals surface area (Å²) in [5.74, 6) is 1.19. The van der Waals surface area contributed by atoms with Crippen LogP contribution in [0.4, 0.5) is 17.1 Å². The normalized spacial score (nSPS) is 13.3. The van der Waals surface area contributed by atoms with Gasteiger partial charge in [-0.2, -0.15) is 6.07 Å². The molecule has 4 aromatic heterocycles. The van der Waals surface area contributed by atoms with Crippen molar-refractivity contribution in [2.24, 2.45) is 0 Å². The molecular weight excluding hydrogens is 773 g/mol. The molecule has 6 nitrogen and oxygen atoms in total. The van der Waals surface area contributed by atoms with Crippen LogP contribution >= 0.6 is 0 Å². The summed E-state index contributed by atoms with van der Waals surface area (Å²) in [5.41, 5.74) is 8.35. The van der Waals surface area contributed by atoms with Crippen LogP contribution in [0.5, 0.6) is 11.5 Å². The summed E-state index contributed by atoms with van der Waals surface area (Å²) >= 11 is 0. The summed E-state index contributed by atoms with van der Waals surface area (Å²) in [6, 6.07) is 54.2. The SMILES string of the molecule is C[Si]1(C)c2ccccc2N(c2ccccc2)c2cc3c(cc21)c1cccnc1n3-c1[c-]c(Oc2[c-]c3c(cc2)c2ccccc2n2ccnc32)ccc1.[Pd+2]. The Kier molecular flexibility index (Phi) is 7.40. The Morgan fingerprint density at radius 2 is 1.35 bits per heavy atom. The molecule has 8 heteroatoms. The van der Waals surface area contributed by atoms with Crippen LogP contribution in [0, 0.1) is 12.1 Å². The first-order chi connectivity index (χ1) is 26.0. The number of benzene rings is 6. The molecule has 0 saturated carbocycles. The fourth-order valence-electron chi connectivity index (χ4n) is 8.41. The van der Waals surface area contributed by atoms with E-state index >= 15 is 0 Å². The van der Waals surface area contributed by atoms with Gasteiger partial charge in [0.25, 0.3) is 0 Å². The number of aromatic nitrogens is 4. The van der Waals surface area contributed by atoms with Gasteiger partial charge in [-0.1, -0.05) is 96.3 Å². The molecule has 1 aliphatic heterocycles. The molecule has 0 radical (unpaired) electrons. The predicted octanol–water partition coefficient (Wildman–Crippen LogP) is 10.1. The fourth-order valence-corrected chi connectivity index (χ4v) is 11.4. The van der Waals surface area contributed by atoms with Crippen LogP contribution in [0.25, 0.3) is 54.9 Å². The predicted molar refractivity (Wildman–Crippen MR) is 218 cm³/mol. The van der Waals surface area contributed by atoms with Crippen LogP contribution < -0.4 is 20.0 Å². The number of rotatable bonds is 4. The Labute approximate surface area is 326 Å². The van der Waals surface area contributed by atoms with Crippen molar-refractivity contribution >= 4 is 84.8 Å². The van der Waals surface area contributed by atoms with Crippen LogP contribution in [0.2, 0.25) is 13.1 Å². The van der Waals surface area contributed by atoms with Crippen LogP contribution in [0.3, 0.4) is 0 Å². The molecule has 10 aromatic rings. The van der Waals surface area contributed by atoms with Gasteiger partial charge in [-0.25, -0.2) is 4.98 Å². The van der Waals surface area contributed by atoms with Crippen molar-refractivity contribution in [3.63, 3.8) is 0 Å². The largest absolute Gasteiger partial charge is 2.00 e. The third kappa shape index (κ3) is 4.74. The van der Waals surface area contributed by atoms with Crippen molar-refractivity contribution in [2.45, 2.75) is 13.1 Å². The molecule has 0 unspecified atom stereocenters. The van der Waals surface area contributed by atoms with Crippen LogP contribution in [0.15, 0.2) is 152 Å². The molecule has 11 rings (SSSR count). The van der Waals surface area contributed by atoms with Gasteiger partial charge in [-0.15, -0.1) is 30.3 Å². The van der Waals surface area contributed by atoms with Gasteiger partial charge >= 0.3 is 20.4 Å². The molecule has 0 aliphatic carbocycles. The van der Waals surface area contributed by atoms with Crippen LogP contribution in [0.1, 0.15) is 0 Å². The maximum atomic E-state index is 6.53. The smallest absolute Gasteiger partial charge is 0.503 e. The summed E-state index contributed by atoms with van der Waals surface area (Å²) in [6.45, 7) is 4.93. The molecule has 0 saturated heterocycles. The van der Waals surface area contributed by atoms with Gasteiger partial charge in [0, 0.05) is 63.4 Å². The van der Waals surface area contributed by atoms with Crippen molar-refractivity contribution in [3.05, 3.63) is 164 Å². The molecule has 1 aliphatic rings. The summed E-state index contributed by atoms with van der Waals surface area (Å²) < 4.78 is 10.9. The first-order valence-corrected chi connectivity index (χ1v) is 20.8. The Hall–Kier alpha value is -6.04. The molecule has 260 valence electrons. The van der Waals surface area contributed by atoms with Gasteiger partial charge in [0.15, 0.2) is 0 Å². The quantitative estimate of drug-likeness (QED) is 0.101. The van der Waals surface area contributed by atoms with E-state index in [1.54, 1.807) is 0 Å². The Morgan fingerprint density at radius 1 is 0.574 bits per heavy atom. The Bertz CT molecular complexity index is 3100. The van der Waals surface area contributed by atoms with E-state index in [4.69, 9.17) is 9.72 Å². The Balaban J connectivity index is 0.00000361. The third-order valence-corrected chi connectivity index (χ3v) is 14.4. The number of nitrogens with zero attached hydrogens (tertiary/aromatic N) is 5. The van der Waals surface area contributed by atoms with E-state index in [0.717, 1.165) is 55.2 Å². The second-order valence-corrected chi connectivity index (χ2v) is 18.5. The minimum atomic E-state index is -2.09. The van der Waals surface area contributed by atoms with Gasteiger partial charge in [0.1, 0.15) is 13.7 Å². The number of pyridine rings is 2. The third-order valence-electron chi connectivity index (χ3n) is 10.8. The zero-order valence-corrected chi connectivity index (χ0v) is 31.9. The topological polar surface area (TPSA) is 47.6 Å². The Morgan fingerprint density at radius 3 is 2.26 bits per heavy atom. The van der Waals surface area contributed by atoms with E-state index in [1.165, 1.54) is 27.1 Å². The molecular formula is C46H31N5OPdSi. The molecule has 0 atom stereocenters. The molecule has 54 heavy (non-hydrogen) atoms.